The Bertz CT molecular complexity index is 1810. The van der Waals surface area contributed by atoms with Gasteiger partial charge < -0.3 is 118 Å². The third-order valence-corrected chi connectivity index (χ3v) is 14.1. The Hall–Kier alpha value is -2.60. The van der Waals surface area contributed by atoms with Crippen LogP contribution in [0.5, 0.6) is 0 Å². The van der Waals surface area contributed by atoms with Crippen LogP contribution >= 0.6 is 0 Å². The molecule has 552 valence electrons. The molecule has 0 saturated carbocycles. The standard InChI is InChI=1S/C67H124NO26/c1-62-10-11-65-64(61-62)67(3,12-8-6-7-9-66(69)71-5)63(2)68(65)13-14-72-17-18-74-21-22-76-25-26-78-29-30-80-33-34-82-37-38-84-41-42-86-45-46-88-49-50-90-53-54-92-57-58-94-60-59-93-56-55-91-52-51-89-48-47-87-44-43-85-40-39-83-36-35-81-32-31-79-28-27-77-24-23-75-20-19-73-16-15-70-4/h10-11,61H,6-9,12-60H2,1-5H3/q+1. The zero-order valence-corrected chi connectivity index (χ0v) is 58.3. The van der Waals surface area contributed by atoms with Crippen LogP contribution in [0.1, 0.15) is 57.1 Å². The zero-order valence-electron chi connectivity index (χ0n) is 58.3. The summed E-state index contributed by atoms with van der Waals surface area (Å²) >= 11 is 0. The summed E-state index contributed by atoms with van der Waals surface area (Å²) in [6, 6.07) is 6.74. The van der Waals surface area contributed by atoms with Gasteiger partial charge in [0.25, 0.3) is 0 Å². The first-order chi connectivity index (χ1) is 46.4. The van der Waals surface area contributed by atoms with Gasteiger partial charge >= 0.3 is 5.97 Å². The van der Waals surface area contributed by atoms with E-state index in [0.29, 0.717) is 317 Å². The Balaban J connectivity index is 1.15. The molecule has 0 amide bonds. The van der Waals surface area contributed by atoms with Crippen molar-refractivity contribution in [2.24, 2.45) is 0 Å². The molecule has 0 saturated heterocycles. The number of carbonyl (C=O) groups excluding carboxylic acids is 1. The first-order valence-corrected chi connectivity index (χ1v) is 34.0. The SMILES string of the molecule is COCCOCCOCCOCCOCCOCCOCCOCCOCCOCCOCCOCCOCCOCCOCCOCCOCCOCCOCCOCCOCCOCCOCCOCC[N+]1=C(C)C(C)(CCCCCC(=O)OC)c2cc(C)ccc21. The zero-order chi connectivity index (χ0) is 67.2. The van der Waals surface area contributed by atoms with Gasteiger partial charge in [-0.3, -0.25) is 4.79 Å². The number of carbonyl (C=O) groups is 1. The molecule has 1 heterocycles. The van der Waals surface area contributed by atoms with E-state index in [2.05, 4.69) is 43.5 Å². The van der Waals surface area contributed by atoms with Gasteiger partial charge in [-0.2, -0.15) is 4.58 Å². The molecule has 1 aliphatic heterocycles. The molecule has 0 fully saturated rings. The molecule has 0 aliphatic carbocycles. The number of esters is 1. The van der Waals surface area contributed by atoms with E-state index < -0.39 is 0 Å². The fourth-order valence-corrected chi connectivity index (χ4v) is 8.87. The van der Waals surface area contributed by atoms with Crippen LogP contribution < -0.4 is 0 Å². The van der Waals surface area contributed by atoms with Gasteiger partial charge in [-0.05, 0) is 32.8 Å². The van der Waals surface area contributed by atoms with Gasteiger partial charge in [0, 0.05) is 32.1 Å². The Morgan fingerprint density at radius 1 is 0.319 bits per heavy atom. The van der Waals surface area contributed by atoms with E-state index in [4.69, 9.17) is 118 Å². The molecule has 0 aromatic heterocycles. The summed E-state index contributed by atoms with van der Waals surface area (Å²) in [7, 11) is 3.09. The first-order valence-electron chi connectivity index (χ1n) is 34.0. The van der Waals surface area contributed by atoms with Crippen LogP contribution in [0.15, 0.2) is 18.2 Å². The van der Waals surface area contributed by atoms with Crippen molar-refractivity contribution in [3.8, 4) is 0 Å². The molecule has 1 unspecified atom stereocenters. The van der Waals surface area contributed by atoms with Crippen LogP contribution in [0.2, 0.25) is 0 Å². The van der Waals surface area contributed by atoms with Crippen molar-refractivity contribution in [3.05, 3.63) is 29.3 Å². The fraction of sp³-hybridized carbons (Fsp3) is 0.881. The summed E-state index contributed by atoms with van der Waals surface area (Å²) < 4.78 is 140. The summed E-state index contributed by atoms with van der Waals surface area (Å²) in [5.74, 6) is -0.138. The average molecular weight is 1360 g/mol. The minimum Gasteiger partial charge on any atom is -0.469 e. The van der Waals surface area contributed by atoms with Crippen LogP contribution in [-0.4, -0.2) is 348 Å². The topological polar surface area (TPSA) is 251 Å². The van der Waals surface area contributed by atoms with Crippen molar-refractivity contribution in [1.29, 1.82) is 0 Å². The highest BCUT2D eigenvalue weighted by Crippen LogP contribution is 2.43. The van der Waals surface area contributed by atoms with Gasteiger partial charge in [0.05, 0.1) is 316 Å². The lowest BCUT2D eigenvalue weighted by molar-refractivity contribution is -0.443. The number of fused-ring (bicyclic) bond motifs is 1. The molecular weight excluding hydrogens is 1230 g/mol. The van der Waals surface area contributed by atoms with E-state index >= 15 is 0 Å². The minimum absolute atomic E-state index is 0.0430. The van der Waals surface area contributed by atoms with Gasteiger partial charge in [0.2, 0.25) is 5.69 Å². The lowest BCUT2D eigenvalue weighted by Gasteiger charge is -2.22. The average Bonchev–Trinajstić information content (AvgIpc) is 1.59. The summed E-state index contributed by atoms with van der Waals surface area (Å²) in [6.07, 6.45) is 4.42. The van der Waals surface area contributed by atoms with Crippen molar-refractivity contribution in [1.82, 2.24) is 0 Å². The van der Waals surface area contributed by atoms with Crippen LogP contribution in [0.3, 0.4) is 0 Å². The van der Waals surface area contributed by atoms with Gasteiger partial charge in [-0.15, -0.1) is 0 Å². The number of ether oxygens (including phenoxy) is 25. The number of rotatable bonds is 78. The van der Waals surface area contributed by atoms with Crippen LogP contribution in [0, 0.1) is 6.92 Å². The van der Waals surface area contributed by atoms with Gasteiger partial charge in [-0.1, -0.05) is 24.5 Å². The number of unbranched alkanes of at least 4 members (excludes halogenated alkanes) is 2. The highest BCUT2D eigenvalue weighted by Gasteiger charge is 2.45. The van der Waals surface area contributed by atoms with Crippen LogP contribution in [0.4, 0.5) is 5.69 Å². The Morgan fingerprint density at radius 3 is 0.787 bits per heavy atom. The van der Waals surface area contributed by atoms with E-state index in [9.17, 15) is 4.79 Å². The lowest BCUT2D eigenvalue weighted by Crippen LogP contribution is -2.31. The van der Waals surface area contributed by atoms with Gasteiger partial charge in [0.1, 0.15) is 6.61 Å². The normalized spacial score (nSPS) is 13.9. The number of nitrogens with zero attached hydrogens (tertiary/aromatic N) is 1. The third kappa shape index (κ3) is 53.4. The molecule has 1 atom stereocenters. The minimum atomic E-state index is -0.138. The summed E-state index contributed by atoms with van der Waals surface area (Å²) in [5.41, 5.74) is 5.20. The molecule has 94 heavy (non-hydrogen) atoms. The van der Waals surface area contributed by atoms with Crippen molar-refractivity contribution in [3.63, 3.8) is 0 Å². The monoisotopic (exact) mass is 1360 g/mol. The Morgan fingerprint density at radius 2 is 0.553 bits per heavy atom. The van der Waals surface area contributed by atoms with Crippen LogP contribution in [-0.2, 0) is 129 Å². The number of hydrogen-bond acceptors (Lipinski definition) is 26. The molecule has 0 spiro atoms. The molecule has 0 bridgehead atoms. The molecule has 0 radical (unpaired) electrons. The molecule has 1 aromatic rings. The maximum atomic E-state index is 11.5. The number of aryl methyl sites for hydroxylation is 1. The molecule has 2 rings (SSSR count). The number of benzene rings is 1. The van der Waals surface area contributed by atoms with Crippen molar-refractivity contribution in [2.75, 3.05) is 331 Å². The highest BCUT2D eigenvalue weighted by molar-refractivity contribution is 5.93. The van der Waals surface area contributed by atoms with Crippen molar-refractivity contribution in [2.45, 2.75) is 58.3 Å². The van der Waals surface area contributed by atoms with Crippen molar-refractivity contribution < 1.29 is 128 Å². The second-order valence-electron chi connectivity index (χ2n) is 21.3. The first kappa shape index (κ1) is 87.5. The molecule has 1 aromatic carbocycles. The van der Waals surface area contributed by atoms with Crippen LogP contribution in [0.25, 0.3) is 0 Å². The maximum Gasteiger partial charge on any atom is 0.305 e. The van der Waals surface area contributed by atoms with E-state index in [1.54, 1.807) is 7.11 Å². The number of hydrogen-bond donors (Lipinski definition) is 0. The predicted molar refractivity (Wildman–Crippen MR) is 350 cm³/mol. The quantitative estimate of drug-likeness (QED) is 0.0494. The molecule has 27 nitrogen and oxygen atoms in total. The fourth-order valence-electron chi connectivity index (χ4n) is 8.87. The maximum absolute atomic E-state index is 11.5. The molecular formula is C67H124NO26+. The smallest absolute Gasteiger partial charge is 0.305 e. The Labute approximate surface area is 562 Å². The number of methoxy groups -OCH3 is 2. The molecule has 0 N–H and O–H groups in total. The van der Waals surface area contributed by atoms with Gasteiger partial charge in [-0.25, -0.2) is 0 Å². The second-order valence-corrected chi connectivity index (χ2v) is 21.3. The van der Waals surface area contributed by atoms with Crippen molar-refractivity contribution >= 4 is 17.4 Å². The predicted octanol–water partition coefficient (Wildman–Crippen LogP) is 4.52. The third-order valence-electron chi connectivity index (χ3n) is 14.1. The summed E-state index contributed by atoms with van der Waals surface area (Å²) in [5, 5.41) is 0. The molecule has 27 heteroatoms. The van der Waals surface area contributed by atoms with Gasteiger partial charge in [0.15, 0.2) is 12.3 Å². The van der Waals surface area contributed by atoms with E-state index in [0.717, 1.165) is 32.2 Å². The van der Waals surface area contributed by atoms with E-state index in [1.807, 2.05) is 0 Å². The molecule has 1 aliphatic rings. The summed E-state index contributed by atoms with van der Waals surface area (Å²) in [4.78, 5) is 11.5. The highest BCUT2D eigenvalue weighted by atomic mass is 16.6. The summed E-state index contributed by atoms with van der Waals surface area (Å²) in [6.45, 7) is 31.0. The largest absolute Gasteiger partial charge is 0.469 e. The Kier molecular flexibility index (Phi) is 64.1. The second kappa shape index (κ2) is 68.9. The van der Waals surface area contributed by atoms with E-state index in [-0.39, 0.29) is 11.4 Å². The lowest BCUT2D eigenvalue weighted by atomic mass is 9.75. The van der Waals surface area contributed by atoms with E-state index in [1.165, 1.54) is 29.6 Å².